The molecule has 0 amide bonds. The van der Waals surface area contributed by atoms with Crippen LogP contribution in [0.25, 0.3) is 0 Å². The largest absolute Gasteiger partial charge is 0.340 e. The molecule has 1 aliphatic heterocycles. The van der Waals surface area contributed by atoms with Crippen LogP contribution >= 0.6 is 11.6 Å². The van der Waals surface area contributed by atoms with Gasteiger partial charge in [0.2, 0.25) is 0 Å². The van der Waals surface area contributed by atoms with Gasteiger partial charge in [-0.2, -0.15) is 0 Å². The summed E-state index contributed by atoms with van der Waals surface area (Å²) in [7, 11) is 1.94. The summed E-state index contributed by atoms with van der Waals surface area (Å²) in [5.74, 6) is 0. The van der Waals surface area contributed by atoms with Crippen LogP contribution < -0.4 is 10.2 Å². The number of halogens is 1. The summed E-state index contributed by atoms with van der Waals surface area (Å²) in [6.45, 7) is 1.85. The molecule has 0 aromatic heterocycles. The summed E-state index contributed by atoms with van der Waals surface area (Å²) < 4.78 is 0. The molecule has 0 atom stereocenters. The van der Waals surface area contributed by atoms with Crippen LogP contribution in [0.3, 0.4) is 0 Å². The molecule has 1 aliphatic rings. The fourth-order valence-corrected chi connectivity index (χ4v) is 2.98. The Balaban J connectivity index is 1.96. The Morgan fingerprint density at radius 2 is 2.00 bits per heavy atom. The Hall–Kier alpha value is -1.51. The second kappa shape index (κ2) is 5.24. The van der Waals surface area contributed by atoms with Crippen molar-refractivity contribution in [1.29, 1.82) is 0 Å². The fourth-order valence-electron chi connectivity index (χ4n) is 2.67. The predicted octanol–water partition coefficient (Wildman–Crippen LogP) is 3.75. The van der Waals surface area contributed by atoms with Gasteiger partial charge in [-0.3, -0.25) is 0 Å². The molecule has 1 heterocycles. The Bertz CT molecular complexity index is 595. The SMILES string of the molecule is CNCc1ccc(N2CCc3ccccc32)c(Cl)c1. The smallest absolute Gasteiger partial charge is 0.0646 e. The average Bonchev–Trinajstić information content (AvgIpc) is 2.83. The number of rotatable bonds is 3. The molecule has 0 radical (unpaired) electrons. The minimum absolute atomic E-state index is 0.824. The number of hydrogen-bond acceptors (Lipinski definition) is 2. The van der Waals surface area contributed by atoms with Gasteiger partial charge in [0.05, 0.1) is 10.7 Å². The van der Waals surface area contributed by atoms with Crippen molar-refractivity contribution in [1.82, 2.24) is 5.32 Å². The van der Waals surface area contributed by atoms with Gasteiger partial charge in [-0.15, -0.1) is 0 Å². The standard InChI is InChI=1S/C16H17ClN2/c1-18-11-12-6-7-16(14(17)10-12)19-9-8-13-4-2-3-5-15(13)19/h2-7,10,18H,8-9,11H2,1H3. The summed E-state index contributed by atoms with van der Waals surface area (Å²) in [6, 6.07) is 14.9. The van der Waals surface area contributed by atoms with Crippen LogP contribution in [0, 0.1) is 0 Å². The third kappa shape index (κ3) is 2.34. The monoisotopic (exact) mass is 272 g/mol. The number of hydrogen-bond donors (Lipinski definition) is 1. The molecule has 0 saturated heterocycles. The molecule has 2 aromatic rings. The highest BCUT2D eigenvalue weighted by Gasteiger charge is 2.21. The van der Waals surface area contributed by atoms with Crippen molar-refractivity contribution in [2.45, 2.75) is 13.0 Å². The lowest BCUT2D eigenvalue weighted by Gasteiger charge is -2.21. The molecule has 0 saturated carbocycles. The van der Waals surface area contributed by atoms with Crippen molar-refractivity contribution in [2.24, 2.45) is 0 Å². The number of para-hydroxylation sites is 1. The molecule has 3 rings (SSSR count). The lowest BCUT2D eigenvalue weighted by Crippen LogP contribution is -2.14. The topological polar surface area (TPSA) is 15.3 Å². The summed E-state index contributed by atoms with van der Waals surface area (Å²) in [5.41, 5.74) is 5.00. The van der Waals surface area contributed by atoms with E-state index in [-0.39, 0.29) is 0 Å². The average molecular weight is 273 g/mol. The van der Waals surface area contributed by atoms with E-state index in [4.69, 9.17) is 11.6 Å². The van der Waals surface area contributed by atoms with E-state index in [0.29, 0.717) is 0 Å². The maximum atomic E-state index is 6.44. The number of fused-ring (bicyclic) bond motifs is 1. The summed E-state index contributed by atoms with van der Waals surface area (Å²) in [6.07, 6.45) is 1.09. The number of anilines is 2. The zero-order valence-corrected chi connectivity index (χ0v) is 11.7. The molecular formula is C16H17ClN2. The number of nitrogens with zero attached hydrogens (tertiary/aromatic N) is 1. The van der Waals surface area contributed by atoms with Gasteiger partial charge in [0.1, 0.15) is 0 Å². The number of nitrogens with one attached hydrogen (secondary N) is 1. The van der Waals surface area contributed by atoms with E-state index in [1.165, 1.54) is 16.8 Å². The van der Waals surface area contributed by atoms with Crippen molar-refractivity contribution in [3.05, 3.63) is 58.6 Å². The first kappa shape index (κ1) is 12.5. The third-order valence-corrected chi connectivity index (χ3v) is 3.87. The normalized spacial score (nSPS) is 13.7. The first-order chi connectivity index (χ1) is 9.29. The van der Waals surface area contributed by atoms with Crippen molar-refractivity contribution in [3.8, 4) is 0 Å². The lowest BCUT2D eigenvalue weighted by atomic mass is 10.1. The molecule has 1 N–H and O–H groups in total. The molecule has 98 valence electrons. The van der Waals surface area contributed by atoms with E-state index in [2.05, 4.69) is 46.6 Å². The van der Waals surface area contributed by atoms with E-state index in [0.717, 1.165) is 30.2 Å². The van der Waals surface area contributed by atoms with E-state index in [9.17, 15) is 0 Å². The quantitative estimate of drug-likeness (QED) is 0.915. The highest BCUT2D eigenvalue weighted by atomic mass is 35.5. The molecule has 2 nitrogen and oxygen atoms in total. The molecule has 0 bridgehead atoms. The van der Waals surface area contributed by atoms with Gasteiger partial charge in [0.15, 0.2) is 0 Å². The first-order valence-electron chi connectivity index (χ1n) is 6.58. The van der Waals surface area contributed by atoms with Crippen molar-refractivity contribution < 1.29 is 0 Å². The second-order valence-electron chi connectivity index (χ2n) is 4.85. The van der Waals surface area contributed by atoms with Gasteiger partial charge in [-0.25, -0.2) is 0 Å². The highest BCUT2D eigenvalue weighted by Crippen LogP contribution is 2.38. The van der Waals surface area contributed by atoms with Gasteiger partial charge in [0.25, 0.3) is 0 Å². The van der Waals surface area contributed by atoms with Crippen LogP contribution in [0.15, 0.2) is 42.5 Å². The Kier molecular flexibility index (Phi) is 3.45. The predicted molar refractivity (Wildman–Crippen MR) is 81.4 cm³/mol. The van der Waals surface area contributed by atoms with Crippen LogP contribution in [0.5, 0.6) is 0 Å². The number of benzene rings is 2. The molecule has 0 spiro atoms. The van der Waals surface area contributed by atoms with Gasteiger partial charge in [-0.05, 0) is 42.8 Å². The summed E-state index contributed by atoms with van der Waals surface area (Å²) in [5, 5.41) is 3.97. The van der Waals surface area contributed by atoms with Gasteiger partial charge in [0, 0.05) is 18.8 Å². The van der Waals surface area contributed by atoms with Gasteiger partial charge >= 0.3 is 0 Å². The molecule has 19 heavy (non-hydrogen) atoms. The Morgan fingerprint density at radius 1 is 1.16 bits per heavy atom. The zero-order valence-electron chi connectivity index (χ0n) is 11.0. The summed E-state index contributed by atoms with van der Waals surface area (Å²) in [4.78, 5) is 2.31. The molecule has 3 heteroatoms. The van der Waals surface area contributed by atoms with E-state index < -0.39 is 0 Å². The Labute approximate surface area is 119 Å². The maximum Gasteiger partial charge on any atom is 0.0646 e. The van der Waals surface area contributed by atoms with Crippen LogP contribution in [0.4, 0.5) is 11.4 Å². The third-order valence-electron chi connectivity index (χ3n) is 3.57. The molecular weight excluding hydrogens is 256 g/mol. The van der Waals surface area contributed by atoms with Crippen molar-refractivity contribution in [2.75, 3.05) is 18.5 Å². The molecule has 2 aromatic carbocycles. The van der Waals surface area contributed by atoms with E-state index in [1.807, 2.05) is 13.1 Å². The maximum absolute atomic E-state index is 6.44. The Morgan fingerprint density at radius 3 is 2.79 bits per heavy atom. The molecule has 0 aliphatic carbocycles. The van der Waals surface area contributed by atoms with E-state index in [1.54, 1.807) is 0 Å². The molecule has 0 fully saturated rings. The lowest BCUT2D eigenvalue weighted by molar-refractivity contribution is 0.818. The highest BCUT2D eigenvalue weighted by molar-refractivity contribution is 6.33. The first-order valence-corrected chi connectivity index (χ1v) is 6.96. The van der Waals surface area contributed by atoms with E-state index >= 15 is 0 Å². The minimum atomic E-state index is 0.824. The van der Waals surface area contributed by atoms with Gasteiger partial charge < -0.3 is 10.2 Å². The van der Waals surface area contributed by atoms with Crippen LogP contribution in [-0.2, 0) is 13.0 Å². The van der Waals surface area contributed by atoms with Crippen LogP contribution in [0.1, 0.15) is 11.1 Å². The summed E-state index contributed by atoms with van der Waals surface area (Å²) >= 11 is 6.44. The second-order valence-corrected chi connectivity index (χ2v) is 5.25. The van der Waals surface area contributed by atoms with Crippen LogP contribution in [-0.4, -0.2) is 13.6 Å². The fraction of sp³-hybridized carbons (Fsp3) is 0.250. The van der Waals surface area contributed by atoms with Gasteiger partial charge in [-0.1, -0.05) is 35.9 Å². The zero-order chi connectivity index (χ0) is 13.2. The van der Waals surface area contributed by atoms with Crippen LogP contribution in [0.2, 0.25) is 5.02 Å². The minimum Gasteiger partial charge on any atom is -0.340 e. The van der Waals surface area contributed by atoms with Crippen molar-refractivity contribution in [3.63, 3.8) is 0 Å². The molecule has 0 unspecified atom stereocenters. The van der Waals surface area contributed by atoms with Crippen molar-refractivity contribution >= 4 is 23.0 Å².